The highest BCUT2D eigenvalue weighted by Crippen LogP contribution is 2.12. The van der Waals surface area contributed by atoms with Gasteiger partial charge in [0.2, 0.25) is 0 Å². The summed E-state index contributed by atoms with van der Waals surface area (Å²) < 4.78 is 7.67. The third-order valence-electron chi connectivity index (χ3n) is 2.38. The molecule has 2 aromatic heterocycles. The quantitative estimate of drug-likeness (QED) is 0.882. The lowest BCUT2D eigenvalue weighted by Gasteiger charge is -2.05. The highest BCUT2D eigenvalue weighted by molar-refractivity contribution is 9.10. The molecule has 0 saturated carbocycles. The highest BCUT2D eigenvalue weighted by atomic mass is 79.9. The van der Waals surface area contributed by atoms with Gasteiger partial charge in [0.25, 0.3) is 0 Å². The van der Waals surface area contributed by atoms with Crippen LogP contribution >= 0.6 is 15.9 Å². The summed E-state index contributed by atoms with van der Waals surface area (Å²) in [5, 5.41) is 0. The largest absolute Gasteiger partial charge is 0.455 e. The van der Waals surface area contributed by atoms with Crippen molar-refractivity contribution in [2.75, 3.05) is 5.73 Å². The zero-order valence-electron chi connectivity index (χ0n) is 9.76. The molecule has 0 aliphatic rings. The van der Waals surface area contributed by atoms with Gasteiger partial charge in [-0.25, -0.2) is 4.79 Å². The normalized spacial score (nSPS) is 10.3. The van der Waals surface area contributed by atoms with Gasteiger partial charge in [-0.3, -0.25) is 4.98 Å². The first-order chi connectivity index (χ1) is 8.56. The molecule has 2 rings (SSSR count). The molecule has 0 atom stereocenters. The Morgan fingerprint density at radius 1 is 1.56 bits per heavy atom. The summed E-state index contributed by atoms with van der Waals surface area (Å²) in [7, 11) is 1.74. The van der Waals surface area contributed by atoms with E-state index < -0.39 is 5.97 Å². The molecule has 6 heteroatoms. The zero-order chi connectivity index (χ0) is 13.1. The maximum Gasteiger partial charge on any atom is 0.355 e. The van der Waals surface area contributed by atoms with Crippen LogP contribution in [0.5, 0.6) is 0 Å². The molecule has 94 valence electrons. The molecule has 0 unspecified atom stereocenters. The average molecular weight is 310 g/mol. The van der Waals surface area contributed by atoms with Gasteiger partial charge in [0.1, 0.15) is 12.3 Å². The number of aryl methyl sites for hydroxylation is 1. The summed E-state index contributed by atoms with van der Waals surface area (Å²) >= 11 is 3.29. The van der Waals surface area contributed by atoms with E-state index in [0.29, 0.717) is 17.1 Å². The molecule has 0 radical (unpaired) electrons. The van der Waals surface area contributed by atoms with Gasteiger partial charge in [-0.2, -0.15) is 0 Å². The van der Waals surface area contributed by atoms with Crippen molar-refractivity contribution in [3.63, 3.8) is 0 Å². The SMILES string of the molecule is Cn1cc(N)cc1C(=O)OCc1ccc(Br)cn1. The van der Waals surface area contributed by atoms with Crippen LogP contribution in [0.25, 0.3) is 0 Å². The summed E-state index contributed by atoms with van der Waals surface area (Å²) in [6.45, 7) is 0.136. The van der Waals surface area contributed by atoms with E-state index in [1.165, 1.54) is 0 Å². The van der Waals surface area contributed by atoms with E-state index in [1.54, 1.807) is 36.1 Å². The maximum absolute atomic E-state index is 11.8. The minimum Gasteiger partial charge on any atom is -0.455 e. The number of ether oxygens (including phenoxy) is 1. The fraction of sp³-hybridized carbons (Fsp3) is 0.167. The summed E-state index contributed by atoms with van der Waals surface area (Å²) in [4.78, 5) is 15.9. The third-order valence-corrected chi connectivity index (χ3v) is 2.84. The number of rotatable bonds is 3. The van der Waals surface area contributed by atoms with E-state index in [-0.39, 0.29) is 6.61 Å². The molecule has 0 spiro atoms. The lowest BCUT2D eigenvalue weighted by Crippen LogP contribution is -2.10. The predicted octanol–water partition coefficient (Wildman–Crippen LogP) is 2.12. The number of halogens is 1. The number of aromatic nitrogens is 2. The first kappa shape index (κ1) is 12.6. The molecule has 0 aliphatic carbocycles. The average Bonchev–Trinajstić information content (AvgIpc) is 2.67. The summed E-state index contributed by atoms with van der Waals surface area (Å²) in [5.74, 6) is -0.418. The Hall–Kier alpha value is -1.82. The minimum atomic E-state index is -0.418. The van der Waals surface area contributed by atoms with Crippen molar-refractivity contribution < 1.29 is 9.53 Å². The van der Waals surface area contributed by atoms with Crippen molar-refractivity contribution in [3.8, 4) is 0 Å². The van der Waals surface area contributed by atoms with Crippen molar-refractivity contribution in [3.05, 3.63) is 46.5 Å². The number of pyridine rings is 1. The van der Waals surface area contributed by atoms with E-state index in [4.69, 9.17) is 10.5 Å². The van der Waals surface area contributed by atoms with E-state index in [9.17, 15) is 4.79 Å². The van der Waals surface area contributed by atoms with Gasteiger partial charge in [-0.05, 0) is 34.1 Å². The highest BCUT2D eigenvalue weighted by Gasteiger charge is 2.12. The molecule has 2 heterocycles. The van der Waals surface area contributed by atoms with Crippen LogP contribution in [0.1, 0.15) is 16.2 Å². The number of carbonyl (C=O) groups is 1. The third kappa shape index (κ3) is 2.89. The lowest BCUT2D eigenvalue weighted by atomic mass is 10.3. The molecule has 0 aliphatic heterocycles. The van der Waals surface area contributed by atoms with Gasteiger partial charge >= 0.3 is 5.97 Å². The van der Waals surface area contributed by atoms with Crippen LogP contribution in [0.3, 0.4) is 0 Å². The number of nitrogens with zero attached hydrogens (tertiary/aromatic N) is 2. The minimum absolute atomic E-state index is 0.136. The van der Waals surface area contributed by atoms with Crippen LogP contribution in [-0.4, -0.2) is 15.5 Å². The van der Waals surface area contributed by atoms with E-state index >= 15 is 0 Å². The fourth-order valence-electron chi connectivity index (χ4n) is 1.50. The van der Waals surface area contributed by atoms with Gasteiger partial charge in [0.15, 0.2) is 0 Å². The fourth-order valence-corrected chi connectivity index (χ4v) is 1.73. The summed E-state index contributed by atoms with van der Waals surface area (Å²) in [5.41, 5.74) is 7.24. The molecule has 0 amide bonds. The van der Waals surface area contributed by atoms with E-state index in [2.05, 4.69) is 20.9 Å². The molecule has 2 aromatic rings. The Labute approximate surface area is 113 Å². The van der Waals surface area contributed by atoms with E-state index in [0.717, 1.165) is 4.47 Å². The Bertz CT molecular complexity index is 563. The number of hydrogen-bond acceptors (Lipinski definition) is 4. The molecule has 0 bridgehead atoms. The van der Waals surface area contributed by atoms with E-state index in [1.807, 2.05) is 6.07 Å². The standard InChI is InChI=1S/C12H12BrN3O2/c1-16-6-9(14)4-11(16)12(17)18-7-10-3-2-8(13)5-15-10/h2-6H,7,14H2,1H3. The van der Waals surface area contributed by atoms with Crippen molar-refractivity contribution in [2.24, 2.45) is 7.05 Å². The second-order valence-electron chi connectivity index (χ2n) is 3.81. The maximum atomic E-state index is 11.8. The van der Waals surface area contributed by atoms with Crippen LogP contribution < -0.4 is 5.73 Å². The molecule has 2 N–H and O–H groups in total. The van der Waals surface area contributed by atoms with Gasteiger partial charge in [-0.15, -0.1) is 0 Å². The van der Waals surface area contributed by atoms with Gasteiger partial charge in [-0.1, -0.05) is 0 Å². The van der Waals surface area contributed by atoms with Gasteiger partial charge in [0, 0.05) is 23.9 Å². The van der Waals surface area contributed by atoms with Gasteiger partial charge in [0.05, 0.1) is 11.4 Å². The lowest BCUT2D eigenvalue weighted by molar-refractivity contribution is 0.0456. The molecular formula is C12H12BrN3O2. The Balaban J connectivity index is 2.00. The summed E-state index contributed by atoms with van der Waals surface area (Å²) in [6.07, 6.45) is 3.32. The van der Waals surface area contributed by atoms with Crippen molar-refractivity contribution in [2.45, 2.75) is 6.61 Å². The molecule has 5 nitrogen and oxygen atoms in total. The first-order valence-electron chi connectivity index (χ1n) is 5.25. The number of nitrogens with two attached hydrogens (primary N) is 1. The smallest absolute Gasteiger partial charge is 0.355 e. The Kier molecular flexibility index (Phi) is 3.66. The van der Waals surface area contributed by atoms with Crippen LogP contribution in [0.4, 0.5) is 5.69 Å². The number of hydrogen-bond donors (Lipinski definition) is 1. The molecule has 0 saturated heterocycles. The zero-order valence-corrected chi connectivity index (χ0v) is 11.3. The Morgan fingerprint density at radius 3 is 2.89 bits per heavy atom. The number of esters is 1. The second kappa shape index (κ2) is 5.22. The summed E-state index contributed by atoms with van der Waals surface area (Å²) in [6, 6.07) is 5.21. The van der Waals surface area contributed by atoms with Crippen molar-refractivity contribution >= 4 is 27.6 Å². The van der Waals surface area contributed by atoms with Crippen LogP contribution in [0.2, 0.25) is 0 Å². The Morgan fingerprint density at radius 2 is 2.33 bits per heavy atom. The van der Waals surface area contributed by atoms with Crippen LogP contribution in [0.15, 0.2) is 35.1 Å². The van der Waals surface area contributed by atoms with Crippen LogP contribution in [-0.2, 0) is 18.4 Å². The predicted molar refractivity (Wildman–Crippen MR) is 70.9 cm³/mol. The topological polar surface area (TPSA) is 70.1 Å². The van der Waals surface area contributed by atoms with Gasteiger partial charge < -0.3 is 15.0 Å². The number of carbonyl (C=O) groups excluding carboxylic acids is 1. The molecular weight excluding hydrogens is 298 g/mol. The molecule has 0 fully saturated rings. The molecule has 0 aromatic carbocycles. The number of anilines is 1. The van der Waals surface area contributed by atoms with Crippen LogP contribution in [0, 0.1) is 0 Å². The first-order valence-corrected chi connectivity index (χ1v) is 6.05. The molecule has 18 heavy (non-hydrogen) atoms. The monoisotopic (exact) mass is 309 g/mol. The van der Waals surface area contributed by atoms with Crippen molar-refractivity contribution in [1.82, 2.24) is 9.55 Å². The number of nitrogen functional groups attached to an aromatic ring is 1. The second-order valence-corrected chi connectivity index (χ2v) is 4.73. The van der Waals surface area contributed by atoms with Crippen molar-refractivity contribution in [1.29, 1.82) is 0 Å².